The summed E-state index contributed by atoms with van der Waals surface area (Å²) < 4.78 is 1.69. The van der Waals surface area contributed by atoms with Gasteiger partial charge in [0.05, 0.1) is 17.7 Å². The Morgan fingerprint density at radius 3 is 2.81 bits per heavy atom. The Kier molecular flexibility index (Phi) is 5.84. The molecule has 0 aromatic carbocycles. The normalized spacial score (nSPS) is 11.4. The van der Waals surface area contributed by atoms with Crippen molar-refractivity contribution in [1.82, 2.24) is 14.9 Å². The molecule has 0 radical (unpaired) electrons. The first kappa shape index (κ1) is 19.1. The molecule has 3 aromatic rings. The molecule has 138 valence electrons. The molecule has 0 aliphatic carbocycles. The van der Waals surface area contributed by atoms with Gasteiger partial charge >= 0.3 is 0 Å². The number of hydrogen-bond donors (Lipinski definition) is 1. The van der Waals surface area contributed by atoms with Gasteiger partial charge in [0.15, 0.2) is 5.16 Å². The van der Waals surface area contributed by atoms with Crippen molar-refractivity contribution in [1.29, 1.82) is 0 Å². The summed E-state index contributed by atoms with van der Waals surface area (Å²) in [5, 5.41) is 6.20. The van der Waals surface area contributed by atoms with Crippen LogP contribution in [0.4, 0.5) is 0 Å². The first-order valence-electron chi connectivity index (χ1n) is 8.32. The van der Waals surface area contributed by atoms with E-state index in [0.717, 1.165) is 20.1 Å². The van der Waals surface area contributed by atoms with Crippen LogP contribution in [0.1, 0.15) is 35.2 Å². The number of thioether (sulfide) groups is 1. The lowest BCUT2D eigenvalue weighted by molar-refractivity contribution is -0.118. The fourth-order valence-electron chi connectivity index (χ4n) is 2.62. The number of carbonyl (C=O) groups excluding carboxylic acids is 1. The van der Waals surface area contributed by atoms with Crippen LogP contribution in [0.15, 0.2) is 27.5 Å². The Bertz CT molecular complexity index is 987. The highest BCUT2D eigenvalue weighted by atomic mass is 32.2. The average molecular weight is 408 g/mol. The Morgan fingerprint density at radius 1 is 1.38 bits per heavy atom. The minimum Gasteiger partial charge on any atom is -0.350 e. The summed E-state index contributed by atoms with van der Waals surface area (Å²) in [7, 11) is 0. The van der Waals surface area contributed by atoms with E-state index in [2.05, 4.69) is 10.3 Å². The summed E-state index contributed by atoms with van der Waals surface area (Å²) >= 11 is 4.46. The second kappa shape index (κ2) is 7.94. The zero-order chi connectivity index (χ0) is 18.8. The number of thiophene rings is 2. The van der Waals surface area contributed by atoms with Gasteiger partial charge in [-0.15, -0.1) is 22.7 Å². The van der Waals surface area contributed by atoms with Crippen molar-refractivity contribution in [2.45, 2.75) is 45.4 Å². The molecule has 26 heavy (non-hydrogen) atoms. The van der Waals surface area contributed by atoms with E-state index in [1.165, 1.54) is 23.1 Å². The summed E-state index contributed by atoms with van der Waals surface area (Å²) in [6, 6.07) is 3.94. The quantitative estimate of drug-likeness (QED) is 0.493. The van der Waals surface area contributed by atoms with E-state index in [0.29, 0.717) is 17.1 Å². The van der Waals surface area contributed by atoms with Gasteiger partial charge in [-0.2, -0.15) is 0 Å². The van der Waals surface area contributed by atoms with Crippen molar-refractivity contribution in [3.63, 3.8) is 0 Å². The smallest absolute Gasteiger partial charge is 0.263 e. The molecule has 5 nitrogen and oxygen atoms in total. The summed E-state index contributed by atoms with van der Waals surface area (Å²) in [6.45, 7) is 8.43. The molecule has 3 rings (SSSR count). The highest BCUT2D eigenvalue weighted by molar-refractivity contribution is 7.99. The maximum absolute atomic E-state index is 13.0. The fourth-order valence-corrected chi connectivity index (χ4v) is 5.30. The highest BCUT2D eigenvalue weighted by Gasteiger charge is 2.19. The number of nitrogens with one attached hydrogen (secondary N) is 1. The molecule has 0 unspecified atom stereocenters. The van der Waals surface area contributed by atoms with Gasteiger partial charge in [-0.1, -0.05) is 17.8 Å². The minimum atomic E-state index is -0.0633. The lowest BCUT2D eigenvalue weighted by Crippen LogP contribution is -2.27. The SMILES string of the molecule is Cc1sc2nc(SCC(=O)NCc3cccs3)n(C(C)C)c(=O)c2c1C. The van der Waals surface area contributed by atoms with Gasteiger partial charge in [-0.3, -0.25) is 14.2 Å². The van der Waals surface area contributed by atoms with Gasteiger partial charge in [0.2, 0.25) is 5.91 Å². The van der Waals surface area contributed by atoms with Crippen LogP contribution in [0, 0.1) is 13.8 Å². The number of hydrogen-bond acceptors (Lipinski definition) is 6. The van der Waals surface area contributed by atoms with Gasteiger partial charge in [0.1, 0.15) is 4.83 Å². The molecule has 0 atom stereocenters. The van der Waals surface area contributed by atoms with Crippen molar-refractivity contribution < 1.29 is 4.79 Å². The lowest BCUT2D eigenvalue weighted by Gasteiger charge is -2.15. The number of nitrogens with zero attached hydrogens (tertiary/aromatic N) is 2. The first-order valence-corrected chi connectivity index (χ1v) is 11.0. The van der Waals surface area contributed by atoms with Crippen molar-refractivity contribution in [2.75, 3.05) is 5.75 Å². The van der Waals surface area contributed by atoms with E-state index in [4.69, 9.17) is 0 Å². The molecular weight excluding hydrogens is 386 g/mol. The second-order valence-electron chi connectivity index (χ2n) is 6.27. The van der Waals surface area contributed by atoms with Crippen LogP contribution in [-0.4, -0.2) is 21.2 Å². The number of carbonyl (C=O) groups is 1. The maximum Gasteiger partial charge on any atom is 0.263 e. The van der Waals surface area contributed by atoms with Crippen LogP contribution in [0.3, 0.4) is 0 Å². The molecule has 3 heterocycles. The Morgan fingerprint density at radius 2 is 2.15 bits per heavy atom. The first-order chi connectivity index (χ1) is 12.4. The summed E-state index contributed by atoms with van der Waals surface area (Å²) in [6.07, 6.45) is 0. The predicted molar refractivity (Wildman–Crippen MR) is 111 cm³/mol. The number of aromatic nitrogens is 2. The van der Waals surface area contributed by atoms with E-state index in [9.17, 15) is 9.59 Å². The Balaban J connectivity index is 1.81. The number of aryl methyl sites for hydroxylation is 2. The van der Waals surface area contributed by atoms with Gasteiger partial charge in [0.25, 0.3) is 5.56 Å². The molecule has 3 aromatic heterocycles. The van der Waals surface area contributed by atoms with E-state index in [1.54, 1.807) is 15.9 Å². The Hall–Kier alpha value is -1.64. The van der Waals surface area contributed by atoms with Crippen LogP contribution < -0.4 is 10.9 Å². The van der Waals surface area contributed by atoms with Crippen molar-refractivity contribution >= 4 is 50.6 Å². The summed E-state index contributed by atoms with van der Waals surface area (Å²) in [5.74, 6) is 0.172. The molecule has 0 aliphatic rings. The zero-order valence-corrected chi connectivity index (χ0v) is 17.6. The number of rotatable bonds is 6. The van der Waals surface area contributed by atoms with Crippen molar-refractivity contribution in [2.24, 2.45) is 0 Å². The standard InChI is InChI=1S/C18H21N3O2S3/c1-10(2)21-17(23)15-11(3)12(4)26-16(15)20-18(21)25-9-14(22)19-8-13-6-5-7-24-13/h5-7,10H,8-9H2,1-4H3,(H,19,22). The molecule has 1 amide bonds. The zero-order valence-electron chi connectivity index (χ0n) is 15.2. The van der Waals surface area contributed by atoms with E-state index in [1.807, 2.05) is 45.2 Å². The third kappa shape index (κ3) is 3.87. The largest absolute Gasteiger partial charge is 0.350 e. The van der Waals surface area contributed by atoms with Crippen LogP contribution in [-0.2, 0) is 11.3 Å². The molecular formula is C18H21N3O2S3. The van der Waals surface area contributed by atoms with Crippen LogP contribution in [0.2, 0.25) is 0 Å². The maximum atomic E-state index is 13.0. The fraction of sp³-hybridized carbons (Fsp3) is 0.389. The average Bonchev–Trinajstić information content (AvgIpc) is 3.19. The van der Waals surface area contributed by atoms with Crippen LogP contribution in [0.25, 0.3) is 10.2 Å². The number of fused-ring (bicyclic) bond motifs is 1. The number of amides is 1. The summed E-state index contributed by atoms with van der Waals surface area (Å²) in [4.78, 5) is 32.8. The van der Waals surface area contributed by atoms with Crippen LogP contribution >= 0.6 is 34.4 Å². The lowest BCUT2D eigenvalue weighted by atomic mass is 10.2. The predicted octanol–water partition coefficient (Wildman–Crippen LogP) is 4.13. The molecule has 0 fully saturated rings. The molecule has 0 saturated carbocycles. The molecule has 0 spiro atoms. The van der Waals surface area contributed by atoms with E-state index >= 15 is 0 Å². The van der Waals surface area contributed by atoms with Crippen molar-refractivity contribution in [3.8, 4) is 0 Å². The molecule has 1 N–H and O–H groups in total. The van der Waals surface area contributed by atoms with Crippen LogP contribution in [0.5, 0.6) is 0 Å². The molecule has 0 aliphatic heterocycles. The Labute approximate surface area is 164 Å². The third-order valence-corrected chi connectivity index (χ3v) is 7.02. The third-order valence-electron chi connectivity index (χ3n) is 4.09. The van der Waals surface area contributed by atoms with Gasteiger partial charge in [-0.05, 0) is 44.7 Å². The minimum absolute atomic E-state index is 0.0179. The summed E-state index contributed by atoms with van der Waals surface area (Å²) in [5.41, 5.74) is 0.982. The van der Waals surface area contributed by atoms with E-state index in [-0.39, 0.29) is 23.3 Å². The monoisotopic (exact) mass is 407 g/mol. The van der Waals surface area contributed by atoms with Gasteiger partial charge in [0, 0.05) is 15.8 Å². The molecule has 8 heteroatoms. The second-order valence-corrected chi connectivity index (χ2v) is 9.45. The molecule has 0 saturated heterocycles. The van der Waals surface area contributed by atoms with E-state index < -0.39 is 0 Å². The topological polar surface area (TPSA) is 64.0 Å². The van der Waals surface area contributed by atoms with Gasteiger partial charge in [-0.25, -0.2) is 4.98 Å². The molecule has 0 bridgehead atoms. The van der Waals surface area contributed by atoms with Gasteiger partial charge < -0.3 is 5.32 Å². The highest BCUT2D eigenvalue weighted by Crippen LogP contribution is 2.29. The van der Waals surface area contributed by atoms with Crippen molar-refractivity contribution in [3.05, 3.63) is 43.2 Å².